The fourth-order valence-electron chi connectivity index (χ4n) is 5.84. The molecule has 2 aliphatic heterocycles. The Bertz CT molecular complexity index is 1840. The van der Waals surface area contributed by atoms with E-state index in [1.54, 1.807) is 47.4 Å². The predicted molar refractivity (Wildman–Crippen MR) is 176 cm³/mol. The number of aliphatic hydroxyl groups excluding tert-OH is 1. The van der Waals surface area contributed by atoms with Gasteiger partial charge in [0.2, 0.25) is 0 Å². The Morgan fingerprint density at radius 1 is 0.826 bits per heavy atom. The van der Waals surface area contributed by atoms with Crippen LogP contribution in [0.2, 0.25) is 0 Å². The third kappa shape index (κ3) is 6.27. The van der Waals surface area contributed by atoms with Crippen LogP contribution in [0.3, 0.4) is 0 Å². The number of aromatic nitrogens is 2. The Morgan fingerprint density at radius 2 is 1.48 bits per heavy atom. The summed E-state index contributed by atoms with van der Waals surface area (Å²) in [6.07, 6.45) is -0.173. The van der Waals surface area contributed by atoms with Gasteiger partial charge in [-0.1, -0.05) is 108 Å². The topological polar surface area (TPSA) is 102 Å². The van der Waals surface area contributed by atoms with E-state index < -0.39 is 6.29 Å². The summed E-state index contributed by atoms with van der Waals surface area (Å²) in [7, 11) is 0. The number of aryl methyl sites for hydroxylation is 1. The first-order valence-corrected chi connectivity index (χ1v) is 16.8. The van der Waals surface area contributed by atoms with Crippen molar-refractivity contribution in [2.75, 3.05) is 5.75 Å². The van der Waals surface area contributed by atoms with Gasteiger partial charge < -0.3 is 14.6 Å². The van der Waals surface area contributed by atoms with E-state index in [9.17, 15) is 14.7 Å². The highest BCUT2D eigenvalue weighted by molar-refractivity contribution is 8.01. The van der Waals surface area contributed by atoms with Crippen molar-refractivity contribution in [3.8, 4) is 11.1 Å². The van der Waals surface area contributed by atoms with Gasteiger partial charge in [0.25, 0.3) is 11.8 Å². The van der Waals surface area contributed by atoms with Crippen LogP contribution >= 0.6 is 23.1 Å². The van der Waals surface area contributed by atoms with Crippen LogP contribution in [-0.2, 0) is 22.6 Å². The molecule has 1 saturated heterocycles. The lowest BCUT2D eigenvalue weighted by molar-refractivity contribution is -0.245. The summed E-state index contributed by atoms with van der Waals surface area (Å²) < 4.78 is 13.9. The lowest BCUT2D eigenvalue weighted by atomic mass is 9.97. The molecule has 8 nitrogen and oxygen atoms in total. The van der Waals surface area contributed by atoms with E-state index in [2.05, 4.69) is 10.2 Å². The molecule has 232 valence electrons. The summed E-state index contributed by atoms with van der Waals surface area (Å²) >= 11 is 3.21. The molecule has 5 aromatic rings. The number of aliphatic hydroxyl groups is 1. The smallest absolute Gasteiger partial charge is 0.261 e. The summed E-state index contributed by atoms with van der Waals surface area (Å²) in [4.78, 5) is 27.4. The fraction of sp³-hybridized carbons (Fsp3) is 0.222. The van der Waals surface area contributed by atoms with Crippen LogP contribution in [0, 0.1) is 6.92 Å². The molecule has 0 bridgehead atoms. The van der Waals surface area contributed by atoms with Crippen LogP contribution in [0.5, 0.6) is 0 Å². The van der Waals surface area contributed by atoms with E-state index in [0.717, 1.165) is 42.7 Å². The SMILES string of the molecule is Cc1nnc(SC[C@H]2C[C@@H](c3ccc(CO)cc3)O[C@@H](c3ccc(-c4ccccc4CN4C(=O)c5ccccc5C4=O)cc3)O2)s1. The van der Waals surface area contributed by atoms with Crippen LogP contribution < -0.4 is 0 Å². The normalized spacial score (nSPS) is 19.4. The lowest BCUT2D eigenvalue weighted by Gasteiger charge is -2.36. The maximum Gasteiger partial charge on any atom is 0.261 e. The molecule has 2 aliphatic rings. The molecule has 0 unspecified atom stereocenters. The third-order valence-electron chi connectivity index (χ3n) is 8.23. The van der Waals surface area contributed by atoms with Crippen molar-refractivity contribution in [1.82, 2.24) is 15.1 Å². The molecule has 2 amide bonds. The molecule has 10 heteroatoms. The van der Waals surface area contributed by atoms with Gasteiger partial charge in [-0.15, -0.1) is 10.2 Å². The fourth-order valence-corrected chi connectivity index (χ4v) is 7.70. The predicted octanol–water partition coefficient (Wildman–Crippen LogP) is 7.14. The molecule has 3 atom stereocenters. The first kappa shape index (κ1) is 30.5. The minimum atomic E-state index is -0.583. The second-order valence-electron chi connectivity index (χ2n) is 11.3. The Morgan fingerprint density at radius 3 is 2.13 bits per heavy atom. The Kier molecular flexibility index (Phi) is 8.79. The number of carbonyl (C=O) groups excluding carboxylic acids is 2. The third-order valence-corrected chi connectivity index (χ3v) is 10.3. The Labute approximate surface area is 275 Å². The number of hydrogen-bond acceptors (Lipinski definition) is 9. The van der Waals surface area contributed by atoms with E-state index in [4.69, 9.17) is 9.47 Å². The molecule has 1 aromatic heterocycles. The van der Waals surface area contributed by atoms with E-state index in [1.165, 1.54) is 4.90 Å². The van der Waals surface area contributed by atoms with Gasteiger partial charge in [0, 0.05) is 17.7 Å². The maximum absolute atomic E-state index is 13.1. The van der Waals surface area contributed by atoms with Gasteiger partial charge in [0.05, 0.1) is 36.5 Å². The van der Waals surface area contributed by atoms with Crippen molar-refractivity contribution in [3.05, 3.63) is 135 Å². The number of ether oxygens (including phenoxy) is 2. The molecular weight excluding hydrogens is 619 g/mol. The van der Waals surface area contributed by atoms with Crippen LogP contribution in [0.25, 0.3) is 11.1 Å². The van der Waals surface area contributed by atoms with Gasteiger partial charge in [0.1, 0.15) is 5.01 Å². The van der Waals surface area contributed by atoms with Crippen LogP contribution in [0.1, 0.15) is 66.8 Å². The molecule has 1 fully saturated rings. The molecule has 4 aromatic carbocycles. The standard InChI is InChI=1S/C36H31N3O5S2/c1-22-37-38-36(46-22)45-21-28-18-32(25-12-10-23(20-40)11-13-25)44-35(43-28)26-16-14-24(15-17-26)29-7-3-2-6-27(29)19-39-33(41)30-8-4-5-9-31(30)34(39)42/h2-17,28,32,35,40H,18-21H2,1H3/t28-,32+,35+/m1/s1. The second-order valence-corrected chi connectivity index (χ2v) is 13.7. The zero-order valence-corrected chi connectivity index (χ0v) is 26.7. The molecule has 0 radical (unpaired) electrons. The van der Waals surface area contributed by atoms with Crippen molar-refractivity contribution in [2.24, 2.45) is 0 Å². The Hall–Kier alpha value is -4.19. The minimum Gasteiger partial charge on any atom is -0.392 e. The first-order chi connectivity index (χ1) is 22.5. The van der Waals surface area contributed by atoms with Crippen LogP contribution in [0.15, 0.2) is 101 Å². The van der Waals surface area contributed by atoms with Crippen molar-refractivity contribution in [3.63, 3.8) is 0 Å². The molecule has 46 heavy (non-hydrogen) atoms. The summed E-state index contributed by atoms with van der Waals surface area (Å²) in [5, 5.41) is 18.8. The molecule has 3 heterocycles. The summed E-state index contributed by atoms with van der Waals surface area (Å²) in [5.74, 6) is 0.168. The van der Waals surface area contributed by atoms with Crippen molar-refractivity contribution < 1.29 is 24.2 Å². The maximum atomic E-state index is 13.1. The molecule has 0 spiro atoms. The zero-order chi connectivity index (χ0) is 31.6. The van der Waals surface area contributed by atoms with Gasteiger partial charge in [0.15, 0.2) is 10.6 Å². The highest BCUT2D eigenvalue weighted by atomic mass is 32.2. The monoisotopic (exact) mass is 649 g/mol. The van der Waals surface area contributed by atoms with E-state index in [0.29, 0.717) is 23.3 Å². The largest absolute Gasteiger partial charge is 0.392 e. The van der Waals surface area contributed by atoms with Crippen LogP contribution in [-0.4, -0.2) is 43.9 Å². The molecule has 1 N–H and O–H groups in total. The number of benzene rings is 4. The van der Waals surface area contributed by atoms with Gasteiger partial charge in [-0.25, -0.2) is 0 Å². The first-order valence-electron chi connectivity index (χ1n) is 15.0. The number of hydrogen-bond donors (Lipinski definition) is 1. The minimum absolute atomic E-state index is 0.00809. The number of nitrogens with zero attached hydrogens (tertiary/aromatic N) is 3. The van der Waals surface area contributed by atoms with Gasteiger partial charge >= 0.3 is 0 Å². The number of thioether (sulfide) groups is 1. The van der Waals surface area contributed by atoms with E-state index in [1.807, 2.05) is 79.7 Å². The summed E-state index contributed by atoms with van der Waals surface area (Å²) in [6, 6.07) is 30.7. The second kappa shape index (κ2) is 13.3. The van der Waals surface area contributed by atoms with Crippen molar-refractivity contribution in [2.45, 2.75) is 49.3 Å². The van der Waals surface area contributed by atoms with Gasteiger partial charge in [-0.05, 0) is 46.9 Å². The molecule has 0 aliphatic carbocycles. The zero-order valence-electron chi connectivity index (χ0n) is 25.0. The average Bonchev–Trinajstić information content (AvgIpc) is 3.63. The molecule has 7 rings (SSSR count). The summed E-state index contributed by atoms with van der Waals surface area (Å²) in [5.41, 5.74) is 6.45. The van der Waals surface area contributed by atoms with Gasteiger partial charge in [-0.2, -0.15) is 0 Å². The van der Waals surface area contributed by atoms with E-state index >= 15 is 0 Å². The van der Waals surface area contributed by atoms with Crippen molar-refractivity contribution >= 4 is 34.9 Å². The number of fused-ring (bicyclic) bond motifs is 1. The van der Waals surface area contributed by atoms with Gasteiger partial charge in [-0.3, -0.25) is 14.5 Å². The highest BCUT2D eigenvalue weighted by Crippen LogP contribution is 2.40. The number of carbonyl (C=O) groups is 2. The quantitative estimate of drug-likeness (QED) is 0.133. The van der Waals surface area contributed by atoms with E-state index in [-0.39, 0.29) is 37.2 Å². The lowest BCUT2D eigenvalue weighted by Crippen LogP contribution is -2.31. The van der Waals surface area contributed by atoms with Crippen molar-refractivity contribution in [1.29, 1.82) is 0 Å². The number of rotatable bonds is 9. The number of amides is 2. The highest BCUT2D eigenvalue weighted by Gasteiger charge is 2.36. The average molecular weight is 650 g/mol. The Balaban J connectivity index is 1.11. The summed E-state index contributed by atoms with van der Waals surface area (Å²) in [6.45, 7) is 2.12. The van der Waals surface area contributed by atoms with Crippen LogP contribution in [0.4, 0.5) is 0 Å². The number of imide groups is 1. The molecular formula is C36H31N3O5S2. The molecule has 0 saturated carbocycles.